The molecule has 1 aromatic heterocycles. The molecule has 0 aliphatic carbocycles. The largest absolute Gasteiger partial charge is 0.478 e. The molecule has 1 aromatic rings. The molecule has 0 fully saturated rings. The smallest absolute Gasteiger partial charge is 0.158 e. The summed E-state index contributed by atoms with van der Waals surface area (Å²) in [7, 11) is 0. The first kappa shape index (κ1) is 10.3. The molecule has 0 aromatic carbocycles. The number of terminal acetylenes is 1. The summed E-state index contributed by atoms with van der Waals surface area (Å²) in [5.41, 5.74) is 0. The van der Waals surface area contributed by atoms with Crippen LogP contribution in [0.25, 0.3) is 0 Å². The third-order valence-corrected chi connectivity index (χ3v) is 1.89. The molecule has 0 radical (unpaired) electrons. The van der Waals surface area contributed by atoms with Crippen LogP contribution < -0.4 is 4.74 Å². The number of hydrogen-bond acceptors (Lipinski definition) is 3. The molecule has 4 nitrogen and oxygen atoms in total. The summed E-state index contributed by atoms with van der Waals surface area (Å²) in [6.45, 7) is 3.51. The summed E-state index contributed by atoms with van der Waals surface area (Å²) in [5, 5.41) is 3.99. The normalized spacial score (nSPS) is 11.8. The van der Waals surface area contributed by atoms with Gasteiger partial charge in [0.25, 0.3) is 0 Å². The monoisotopic (exact) mass is 192 g/mol. The SMILES string of the molecule is C#CCOc1cnn(C(C)C(C)=O)c1. The second-order valence-electron chi connectivity index (χ2n) is 2.94. The third-order valence-electron chi connectivity index (χ3n) is 1.89. The molecule has 0 saturated heterocycles. The van der Waals surface area contributed by atoms with E-state index in [2.05, 4.69) is 11.0 Å². The van der Waals surface area contributed by atoms with E-state index in [4.69, 9.17) is 11.2 Å². The van der Waals surface area contributed by atoms with Crippen molar-refractivity contribution in [3.05, 3.63) is 12.4 Å². The van der Waals surface area contributed by atoms with Crippen LogP contribution in [0.5, 0.6) is 5.75 Å². The van der Waals surface area contributed by atoms with Gasteiger partial charge in [-0.05, 0) is 13.8 Å². The number of rotatable bonds is 4. The highest BCUT2D eigenvalue weighted by molar-refractivity contribution is 5.79. The van der Waals surface area contributed by atoms with Gasteiger partial charge in [0.15, 0.2) is 11.5 Å². The van der Waals surface area contributed by atoms with Crippen molar-refractivity contribution in [1.82, 2.24) is 9.78 Å². The van der Waals surface area contributed by atoms with Crippen molar-refractivity contribution in [2.75, 3.05) is 6.61 Å². The quantitative estimate of drug-likeness (QED) is 0.669. The molecule has 1 unspecified atom stereocenters. The molecule has 0 aliphatic rings. The van der Waals surface area contributed by atoms with Crippen molar-refractivity contribution in [3.8, 4) is 18.1 Å². The zero-order chi connectivity index (χ0) is 10.6. The second kappa shape index (κ2) is 4.47. The summed E-state index contributed by atoms with van der Waals surface area (Å²) in [5.74, 6) is 2.98. The van der Waals surface area contributed by atoms with E-state index in [9.17, 15) is 4.79 Å². The van der Waals surface area contributed by atoms with Gasteiger partial charge in [0.2, 0.25) is 0 Å². The molecule has 0 N–H and O–H groups in total. The third kappa shape index (κ3) is 2.36. The number of carbonyl (C=O) groups is 1. The molecular weight excluding hydrogens is 180 g/mol. The number of ketones is 1. The van der Waals surface area contributed by atoms with Gasteiger partial charge in [0.1, 0.15) is 12.6 Å². The van der Waals surface area contributed by atoms with Crippen molar-refractivity contribution in [2.24, 2.45) is 0 Å². The zero-order valence-corrected chi connectivity index (χ0v) is 8.23. The number of carbonyl (C=O) groups excluding carboxylic acids is 1. The van der Waals surface area contributed by atoms with E-state index < -0.39 is 0 Å². The Kier molecular flexibility index (Phi) is 3.29. The van der Waals surface area contributed by atoms with Crippen molar-refractivity contribution < 1.29 is 9.53 Å². The standard InChI is InChI=1S/C10H12N2O2/c1-4-5-14-10-6-11-12(7-10)8(2)9(3)13/h1,6-8H,5H2,2-3H3. The van der Waals surface area contributed by atoms with Gasteiger partial charge in [-0.1, -0.05) is 5.92 Å². The van der Waals surface area contributed by atoms with Gasteiger partial charge in [-0.2, -0.15) is 5.10 Å². The Morgan fingerprint density at radius 1 is 1.86 bits per heavy atom. The molecular formula is C10H12N2O2. The highest BCUT2D eigenvalue weighted by atomic mass is 16.5. The lowest BCUT2D eigenvalue weighted by Gasteiger charge is -2.06. The number of Topliss-reactive ketones (excluding diaryl/α,β-unsaturated/α-hetero) is 1. The van der Waals surface area contributed by atoms with Crippen LogP contribution >= 0.6 is 0 Å². The lowest BCUT2D eigenvalue weighted by atomic mass is 10.2. The molecule has 1 heterocycles. The fourth-order valence-corrected chi connectivity index (χ4v) is 0.918. The van der Waals surface area contributed by atoms with Crippen LogP contribution in [-0.4, -0.2) is 22.2 Å². The number of nitrogens with zero attached hydrogens (tertiary/aromatic N) is 2. The van der Waals surface area contributed by atoms with Gasteiger partial charge in [-0.25, -0.2) is 0 Å². The van der Waals surface area contributed by atoms with Crippen LogP contribution in [-0.2, 0) is 4.79 Å². The van der Waals surface area contributed by atoms with Crippen LogP contribution in [0.3, 0.4) is 0 Å². The molecule has 0 aliphatic heterocycles. The predicted octanol–water partition coefficient (Wildman–Crippen LogP) is 1.05. The van der Waals surface area contributed by atoms with Crippen molar-refractivity contribution in [2.45, 2.75) is 19.9 Å². The maximum atomic E-state index is 11.0. The van der Waals surface area contributed by atoms with Crippen molar-refractivity contribution in [3.63, 3.8) is 0 Å². The maximum absolute atomic E-state index is 11.0. The summed E-state index contributed by atoms with van der Waals surface area (Å²) < 4.78 is 6.68. The van der Waals surface area contributed by atoms with Crippen LogP contribution in [0.1, 0.15) is 19.9 Å². The Morgan fingerprint density at radius 2 is 2.57 bits per heavy atom. The van der Waals surface area contributed by atoms with Gasteiger partial charge in [0.05, 0.1) is 12.4 Å². The van der Waals surface area contributed by atoms with Crippen LogP contribution in [0, 0.1) is 12.3 Å². The lowest BCUT2D eigenvalue weighted by Crippen LogP contribution is -2.13. The average molecular weight is 192 g/mol. The highest BCUT2D eigenvalue weighted by Crippen LogP contribution is 2.13. The first-order valence-corrected chi connectivity index (χ1v) is 4.26. The Balaban J connectivity index is 2.68. The van der Waals surface area contributed by atoms with Gasteiger partial charge in [0, 0.05) is 0 Å². The topological polar surface area (TPSA) is 44.1 Å². The lowest BCUT2D eigenvalue weighted by molar-refractivity contribution is -0.119. The van der Waals surface area contributed by atoms with Crippen LogP contribution in [0.2, 0.25) is 0 Å². The molecule has 14 heavy (non-hydrogen) atoms. The molecule has 0 saturated carbocycles. The summed E-state index contributed by atoms with van der Waals surface area (Å²) in [6.07, 6.45) is 8.23. The fraction of sp³-hybridized carbons (Fsp3) is 0.400. The Hall–Kier alpha value is -1.76. The number of aromatic nitrogens is 2. The van der Waals surface area contributed by atoms with E-state index in [-0.39, 0.29) is 18.4 Å². The molecule has 0 amide bonds. The first-order chi connectivity index (χ1) is 6.65. The Morgan fingerprint density at radius 3 is 3.14 bits per heavy atom. The fourth-order valence-electron chi connectivity index (χ4n) is 0.918. The number of hydrogen-bond donors (Lipinski definition) is 0. The number of ether oxygens (including phenoxy) is 1. The van der Waals surface area contributed by atoms with Crippen molar-refractivity contribution in [1.29, 1.82) is 0 Å². The second-order valence-corrected chi connectivity index (χ2v) is 2.94. The van der Waals surface area contributed by atoms with E-state index in [1.54, 1.807) is 17.8 Å². The predicted molar refractivity (Wildman–Crippen MR) is 51.9 cm³/mol. The summed E-state index contributed by atoms with van der Waals surface area (Å²) in [4.78, 5) is 11.0. The van der Waals surface area contributed by atoms with Gasteiger partial charge < -0.3 is 4.74 Å². The summed E-state index contributed by atoms with van der Waals surface area (Å²) >= 11 is 0. The molecule has 4 heteroatoms. The minimum Gasteiger partial charge on any atom is -0.478 e. The van der Waals surface area contributed by atoms with Crippen LogP contribution in [0.15, 0.2) is 12.4 Å². The zero-order valence-electron chi connectivity index (χ0n) is 8.23. The Bertz CT molecular complexity index is 362. The highest BCUT2D eigenvalue weighted by Gasteiger charge is 2.11. The molecule has 0 bridgehead atoms. The minimum atomic E-state index is -0.266. The van der Waals surface area contributed by atoms with Crippen molar-refractivity contribution >= 4 is 5.78 Å². The minimum absolute atomic E-state index is 0.0524. The van der Waals surface area contributed by atoms with Gasteiger partial charge in [-0.15, -0.1) is 6.42 Å². The Labute approximate surface area is 82.9 Å². The van der Waals surface area contributed by atoms with E-state index >= 15 is 0 Å². The maximum Gasteiger partial charge on any atom is 0.158 e. The van der Waals surface area contributed by atoms with E-state index in [0.717, 1.165) is 0 Å². The van der Waals surface area contributed by atoms with E-state index in [0.29, 0.717) is 5.75 Å². The summed E-state index contributed by atoms with van der Waals surface area (Å²) in [6, 6.07) is -0.266. The van der Waals surface area contributed by atoms with Gasteiger partial charge >= 0.3 is 0 Å². The van der Waals surface area contributed by atoms with Gasteiger partial charge in [-0.3, -0.25) is 9.48 Å². The first-order valence-electron chi connectivity index (χ1n) is 4.26. The van der Waals surface area contributed by atoms with E-state index in [1.807, 2.05) is 0 Å². The molecule has 1 atom stereocenters. The molecule has 74 valence electrons. The van der Waals surface area contributed by atoms with Crippen LogP contribution in [0.4, 0.5) is 0 Å². The van der Waals surface area contributed by atoms with E-state index in [1.165, 1.54) is 13.1 Å². The average Bonchev–Trinajstić information content (AvgIpc) is 2.61. The molecule has 1 rings (SSSR count). The molecule has 0 spiro atoms.